The molecule has 0 saturated heterocycles. The molecular formula is C16H25NO. The van der Waals surface area contributed by atoms with Crippen molar-refractivity contribution in [3.05, 3.63) is 29.3 Å². The molecule has 1 saturated carbocycles. The van der Waals surface area contributed by atoms with E-state index < -0.39 is 0 Å². The Kier molecular flexibility index (Phi) is 4.65. The van der Waals surface area contributed by atoms with Crippen LogP contribution < -0.4 is 10.5 Å². The van der Waals surface area contributed by atoms with Crippen LogP contribution in [0.15, 0.2) is 18.2 Å². The maximum absolute atomic E-state index is 6.02. The molecule has 0 aromatic heterocycles. The molecular weight excluding hydrogens is 222 g/mol. The number of benzene rings is 1. The number of aryl methyl sites for hydroxylation is 1. The van der Waals surface area contributed by atoms with Gasteiger partial charge in [0.1, 0.15) is 5.75 Å². The first-order chi connectivity index (χ1) is 8.65. The summed E-state index contributed by atoms with van der Waals surface area (Å²) in [5, 5.41) is 0. The number of rotatable bonds is 5. The monoisotopic (exact) mass is 247 g/mol. The Balaban J connectivity index is 2.00. The first-order valence-electron chi connectivity index (χ1n) is 7.13. The predicted octanol–water partition coefficient (Wildman–Crippen LogP) is 3.45. The number of hydrogen-bond acceptors (Lipinski definition) is 2. The predicted molar refractivity (Wildman–Crippen MR) is 76.0 cm³/mol. The highest BCUT2D eigenvalue weighted by atomic mass is 16.5. The van der Waals surface area contributed by atoms with Crippen molar-refractivity contribution in [3.8, 4) is 5.75 Å². The lowest BCUT2D eigenvalue weighted by Gasteiger charge is -2.16. The maximum atomic E-state index is 6.02. The Morgan fingerprint density at radius 2 is 2.06 bits per heavy atom. The van der Waals surface area contributed by atoms with Crippen LogP contribution in [0.1, 0.15) is 43.7 Å². The van der Waals surface area contributed by atoms with Crippen LogP contribution in [0.2, 0.25) is 0 Å². The lowest BCUT2D eigenvalue weighted by molar-refractivity contribution is 0.249. The molecule has 1 aromatic carbocycles. The zero-order valence-corrected chi connectivity index (χ0v) is 11.6. The molecule has 2 N–H and O–H groups in total. The summed E-state index contributed by atoms with van der Waals surface area (Å²) in [7, 11) is 0. The molecule has 0 amide bonds. The van der Waals surface area contributed by atoms with Crippen molar-refractivity contribution in [1.82, 2.24) is 0 Å². The number of hydrogen-bond donors (Lipinski definition) is 1. The topological polar surface area (TPSA) is 35.2 Å². The molecule has 0 spiro atoms. The van der Waals surface area contributed by atoms with E-state index in [0.29, 0.717) is 0 Å². The van der Waals surface area contributed by atoms with E-state index in [9.17, 15) is 0 Å². The van der Waals surface area contributed by atoms with Crippen molar-refractivity contribution in [2.75, 3.05) is 6.61 Å². The fourth-order valence-electron chi connectivity index (χ4n) is 2.74. The third-order valence-corrected chi connectivity index (χ3v) is 3.71. The summed E-state index contributed by atoms with van der Waals surface area (Å²) < 4.78 is 6.02. The molecule has 18 heavy (non-hydrogen) atoms. The Hall–Kier alpha value is -1.02. The lowest BCUT2D eigenvalue weighted by Crippen LogP contribution is -2.19. The highest BCUT2D eigenvalue weighted by Crippen LogP contribution is 2.27. The van der Waals surface area contributed by atoms with Gasteiger partial charge in [-0.15, -0.1) is 0 Å². The summed E-state index contributed by atoms with van der Waals surface area (Å²) in [4.78, 5) is 0. The molecule has 0 aliphatic heterocycles. The van der Waals surface area contributed by atoms with Gasteiger partial charge in [-0.2, -0.15) is 0 Å². The van der Waals surface area contributed by atoms with E-state index in [0.717, 1.165) is 24.7 Å². The molecule has 0 radical (unpaired) electrons. The van der Waals surface area contributed by atoms with E-state index in [-0.39, 0.29) is 6.04 Å². The second-order valence-corrected chi connectivity index (χ2v) is 5.75. The van der Waals surface area contributed by atoms with Crippen molar-refractivity contribution in [3.63, 3.8) is 0 Å². The van der Waals surface area contributed by atoms with Crippen molar-refractivity contribution < 1.29 is 4.74 Å². The quantitative estimate of drug-likeness (QED) is 0.865. The van der Waals surface area contributed by atoms with Crippen LogP contribution in [-0.2, 0) is 6.42 Å². The smallest absolute Gasteiger partial charge is 0.122 e. The van der Waals surface area contributed by atoms with E-state index in [4.69, 9.17) is 10.5 Å². The standard InChI is InChI=1S/C16H25NO/c1-12-7-8-16(15(9-12)10-13(2)17)18-11-14-5-3-4-6-14/h7-9,13-14H,3-6,10-11,17H2,1-2H3. The van der Waals surface area contributed by atoms with Crippen molar-refractivity contribution >= 4 is 0 Å². The molecule has 2 rings (SSSR count). The van der Waals surface area contributed by atoms with E-state index in [1.807, 2.05) is 6.92 Å². The maximum Gasteiger partial charge on any atom is 0.122 e. The molecule has 0 bridgehead atoms. The van der Waals surface area contributed by atoms with Gasteiger partial charge in [0.25, 0.3) is 0 Å². The second-order valence-electron chi connectivity index (χ2n) is 5.75. The minimum Gasteiger partial charge on any atom is -0.493 e. The van der Waals surface area contributed by atoms with E-state index >= 15 is 0 Å². The number of ether oxygens (including phenoxy) is 1. The largest absolute Gasteiger partial charge is 0.493 e. The highest BCUT2D eigenvalue weighted by molar-refractivity contribution is 5.37. The molecule has 1 fully saturated rings. The third kappa shape index (κ3) is 3.74. The SMILES string of the molecule is Cc1ccc(OCC2CCCC2)c(CC(C)N)c1. The average Bonchev–Trinajstić information content (AvgIpc) is 2.80. The van der Waals surface area contributed by atoms with Gasteiger partial charge in [-0.25, -0.2) is 0 Å². The number of nitrogens with two attached hydrogens (primary N) is 1. The van der Waals surface area contributed by atoms with Gasteiger partial charge < -0.3 is 10.5 Å². The molecule has 2 heteroatoms. The van der Waals surface area contributed by atoms with Gasteiger partial charge >= 0.3 is 0 Å². The Labute approximate surface area is 111 Å². The first kappa shape index (κ1) is 13.4. The summed E-state index contributed by atoms with van der Waals surface area (Å²) in [5.74, 6) is 1.79. The summed E-state index contributed by atoms with van der Waals surface area (Å²) >= 11 is 0. The van der Waals surface area contributed by atoms with Crippen molar-refractivity contribution in [1.29, 1.82) is 0 Å². The van der Waals surface area contributed by atoms with E-state index in [1.54, 1.807) is 0 Å². The van der Waals surface area contributed by atoms with Crippen LogP contribution in [0.4, 0.5) is 0 Å². The molecule has 100 valence electrons. The van der Waals surface area contributed by atoms with Gasteiger partial charge in [0.15, 0.2) is 0 Å². The minimum atomic E-state index is 0.181. The Morgan fingerprint density at radius 3 is 2.72 bits per heavy atom. The van der Waals surface area contributed by atoms with Gasteiger partial charge in [0, 0.05) is 6.04 Å². The summed E-state index contributed by atoms with van der Waals surface area (Å²) in [6.07, 6.45) is 6.29. The first-order valence-corrected chi connectivity index (χ1v) is 7.13. The molecule has 1 unspecified atom stereocenters. The van der Waals surface area contributed by atoms with Crippen LogP contribution in [0.3, 0.4) is 0 Å². The van der Waals surface area contributed by atoms with Gasteiger partial charge in [0.05, 0.1) is 6.61 Å². The Morgan fingerprint density at radius 1 is 1.33 bits per heavy atom. The second kappa shape index (κ2) is 6.24. The molecule has 0 heterocycles. The van der Waals surface area contributed by atoms with Crippen molar-refractivity contribution in [2.24, 2.45) is 11.7 Å². The average molecular weight is 247 g/mol. The highest BCUT2D eigenvalue weighted by Gasteiger charge is 2.16. The summed E-state index contributed by atoms with van der Waals surface area (Å²) in [5.41, 5.74) is 8.44. The zero-order chi connectivity index (χ0) is 13.0. The van der Waals surface area contributed by atoms with Gasteiger partial charge in [0.2, 0.25) is 0 Å². The Bertz CT molecular complexity index is 381. The molecule has 1 aromatic rings. The van der Waals surface area contributed by atoms with Crippen LogP contribution in [0.25, 0.3) is 0 Å². The van der Waals surface area contributed by atoms with Gasteiger partial charge in [-0.05, 0) is 50.7 Å². The third-order valence-electron chi connectivity index (χ3n) is 3.71. The normalized spacial score (nSPS) is 17.9. The van der Waals surface area contributed by atoms with Crippen LogP contribution in [0.5, 0.6) is 5.75 Å². The van der Waals surface area contributed by atoms with Gasteiger partial charge in [-0.1, -0.05) is 30.5 Å². The molecule has 2 nitrogen and oxygen atoms in total. The van der Waals surface area contributed by atoms with Crippen molar-refractivity contribution in [2.45, 2.75) is 52.0 Å². The van der Waals surface area contributed by atoms with Crippen LogP contribution in [0, 0.1) is 12.8 Å². The fourth-order valence-corrected chi connectivity index (χ4v) is 2.74. The lowest BCUT2D eigenvalue weighted by atomic mass is 10.0. The minimum absolute atomic E-state index is 0.181. The molecule has 1 aliphatic carbocycles. The summed E-state index contributed by atoms with van der Waals surface area (Å²) in [6.45, 7) is 5.03. The van der Waals surface area contributed by atoms with E-state index in [1.165, 1.54) is 36.8 Å². The van der Waals surface area contributed by atoms with Crippen LogP contribution >= 0.6 is 0 Å². The van der Waals surface area contributed by atoms with E-state index in [2.05, 4.69) is 25.1 Å². The molecule has 1 atom stereocenters. The fraction of sp³-hybridized carbons (Fsp3) is 0.625. The van der Waals surface area contributed by atoms with Crippen LogP contribution in [-0.4, -0.2) is 12.6 Å². The summed E-state index contributed by atoms with van der Waals surface area (Å²) in [6, 6.07) is 6.60. The molecule has 1 aliphatic rings. The zero-order valence-electron chi connectivity index (χ0n) is 11.6. The van der Waals surface area contributed by atoms with Gasteiger partial charge in [-0.3, -0.25) is 0 Å².